The molecule has 0 bridgehead atoms. The molecule has 2 N–H and O–H groups in total. The molecule has 234 valence electrons. The Hall–Kier alpha value is -0.650. The first kappa shape index (κ1) is 38.4. The molecule has 0 aromatic carbocycles. The van der Waals surface area contributed by atoms with Gasteiger partial charge in [-0.3, -0.25) is 9.69 Å². The number of likely N-dealkylation sites (N-methyl/N-ethyl adjacent to an activating group) is 1. The van der Waals surface area contributed by atoms with Crippen molar-refractivity contribution in [2.75, 3.05) is 59.4 Å². The van der Waals surface area contributed by atoms with Crippen LogP contribution in [0.2, 0.25) is 0 Å². The van der Waals surface area contributed by atoms with Gasteiger partial charge in [0.15, 0.2) is 0 Å². The van der Waals surface area contributed by atoms with E-state index in [0.29, 0.717) is 13.1 Å². The predicted octanol–water partition coefficient (Wildman–Crippen LogP) is 8.18. The van der Waals surface area contributed by atoms with Crippen molar-refractivity contribution in [3.8, 4) is 0 Å². The Morgan fingerprint density at radius 2 is 0.821 bits per heavy atom. The zero-order valence-corrected chi connectivity index (χ0v) is 27.3. The molecule has 5 heteroatoms. The molecule has 0 spiro atoms. The molecular weight excluding hydrogens is 480 g/mol. The van der Waals surface area contributed by atoms with Crippen molar-refractivity contribution in [1.82, 2.24) is 20.4 Å². The summed E-state index contributed by atoms with van der Waals surface area (Å²) in [5.74, 6) is 0.180. The van der Waals surface area contributed by atoms with Gasteiger partial charge in [-0.25, -0.2) is 0 Å². The first-order chi connectivity index (χ1) is 19.2. The highest BCUT2D eigenvalue weighted by atomic mass is 16.2. The fraction of sp³-hybridized carbons (Fsp3) is 0.971. The molecule has 0 heterocycles. The largest absolute Gasteiger partial charge is 0.354 e. The zero-order chi connectivity index (χ0) is 28.7. The van der Waals surface area contributed by atoms with Crippen molar-refractivity contribution >= 4 is 5.91 Å². The molecule has 1 amide bonds. The molecule has 0 fully saturated rings. The summed E-state index contributed by atoms with van der Waals surface area (Å²) in [5, 5.41) is 6.22. The Bertz CT molecular complexity index is 470. The number of hydrogen-bond donors (Lipinski definition) is 2. The zero-order valence-electron chi connectivity index (χ0n) is 27.3. The van der Waals surface area contributed by atoms with E-state index in [1.807, 2.05) is 7.05 Å². The molecule has 0 radical (unpaired) electrons. The number of rotatable bonds is 32. The lowest BCUT2D eigenvalue weighted by atomic mass is 10.1. The van der Waals surface area contributed by atoms with Crippen LogP contribution < -0.4 is 10.6 Å². The average molecular weight is 553 g/mol. The van der Waals surface area contributed by atoms with Gasteiger partial charge in [-0.2, -0.15) is 0 Å². The number of nitrogens with one attached hydrogen (secondary N) is 2. The Balaban J connectivity index is 4.67. The molecule has 0 rings (SSSR count). The van der Waals surface area contributed by atoms with Crippen LogP contribution >= 0.6 is 0 Å². The van der Waals surface area contributed by atoms with E-state index >= 15 is 0 Å². The van der Waals surface area contributed by atoms with E-state index in [1.54, 1.807) is 0 Å². The van der Waals surface area contributed by atoms with Crippen molar-refractivity contribution in [2.24, 2.45) is 0 Å². The second kappa shape index (κ2) is 31.9. The molecule has 0 saturated carbocycles. The molecule has 0 aliphatic heterocycles. The molecule has 0 atom stereocenters. The topological polar surface area (TPSA) is 47.6 Å². The highest BCUT2D eigenvalue weighted by molar-refractivity contribution is 5.77. The highest BCUT2D eigenvalue weighted by Crippen LogP contribution is 2.11. The SMILES string of the molecule is CCCCCCCCCN(CCCCCCCCC)CCN(CCCCCCCCC)CC(=O)NCCNC. The molecule has 0 saturated heterocycles. The lowest BCUT2D eigenvalue weighted by Gasteiger charge is -2.28. The van der Waals surface area contributed by atoms with Crippen LogP contribution in [0.15, 0.2) is 0 Å². The maximum Gasteiger partial charge on any atom is 0.234 e. The van der Waals surface area contributed by atoms with Crippen LogP contribution in [0.1, 0.15) is 156 Å². The van der Waals surface area contributed by atoms with Gasteiger partial charge in [0.2, 0.25) is 5.91 Å². The van der Waals surface area contributed by atoms with Crippen LogP contribution in [0, 0.1) is 0 Å². The molecule has 0 aliphatic carbocycles. The quantitative estimate of drug-likeness (QED) is 0.0826. The standard InChI is InChI=1S/C34H72N4O/c1-5-8-11-14-17-20-23-28-37(29-24-21-18-15-12-9-6-2)31-32-38(33-34(39)36-27-26-35-4)30-25-22-19-16-13-10-7-3/h35H,5-33H2,1-4H3,(H,36,39). The molecular formula is C34H72N4O. The van der Waals surface area contributed by atoms with Crippen LogP contribution in [0.3, 0.4) is 0 Å². The minimum Gasteiger partial charge on any atom is -0.354 e. The Morgan fingerprint density at radius 1 is 0.462 bits per heavy atom. The van der Waals surface area contributed by atoms with Gasteiger partial charge in [0.25, 0.3) is 0 Å². The highest BCUT2D eigenvalue weighted by Gasteiger charge is 2.13. The molecule has 0 aliphatic rings. The van der Waals surface area contributed by atoms with Gasteiger partial charge in [-0.15, -0.1) is 0 Å². The Kier molecular flexibility index (Phi) is 31.3. The Labute approximate surface area is 246 Å². The monoisotopic (exact) mass is 553 g/mol. The predicted molar refractivity (Wildman–Crippen MR) is 174 cm³/mol. The van der Waals surface area contributed by atoms with Crippen molar-refractivity contribution in [3.05, 3.63) is 0 Å². The summed E-state index contributed by atoms with van der Waals surface area (Å²) in [6, 6.07) is 0. The molecule has 0 aromatic heterocycles. The minimum atomic E-state index is 0.180. The van der Waals surface area contributed by atoms with Gasteiger partial charge in [-0.05, 0) is 45.9 Å². The van der Waals surface area contributed by atoms with E-state index in [0.717, 1.165) is 26.2 Å². The summed E-state index contributed by atoms with van der Waals surface area (Å²) in [7, 11) is 1.93. The van der Waals surface area contributed by atoms with Gasteiger partial charge >= 0.3 is 0 Å². The van der Waals surface area contributed by atoms with Crippen molar-refractivity contribution in [3.63, 3.8) is 0 Å². The van der Waals surface area contributed by atoms with Crippen molar-refractivity contribution in [2.45, 2.75) is 156 Å². The first-order valence-corrected chi connectivity index (χ1v) is 17.5. The third-order valence-corrected chi connectivity index (χ3v) is 8.03. The summed E-state index contributed by atoms with van der Waals surface area (Å²) < 4.78 is 0. The van der Waals surface area contributed by atoms with E-state index in [9.17, 15) is 4.79 Å². The smallest absolute Gasteiger partial charge is 0.234 e. The van der Waals surface area contributed by atoms with E-state index in [2.05, 4.69) is 41.2 Å². The summed E-state index contributed by atoms with van der Waals surface area (Å²) >= 11 is 0. The van der Waals surface area contributed by atoms with Crippen LogP contribution in [-0.2, 0) is 4.79 Å². The van der Waals surface area contributed by atoms with E-state index in [1.165, 1.54) is 148 Å². The number of amides is 1. The number of hydrogen-bond acceptors (Lipinski definition) is 4. The third-order valence-electron chi connectivity index (χ3n) is 8.03. The van der Waals surface area contributed by atoms with E-state index < -0.39 is 0 Å². The summed E-state index contributed by atoms with van der Waals surface area (Å²) in [6.07, 6.45) is 28.5. The third kappa shape index (κ3) is 28.7. The number of nitrogens with zero attached hydrogens (tertiary/aromatic N) is 2. The summed E-state index contributed by atoms with van der Waals surface area (Å²) in [5.41, 5.74) is 0. The normalized spacial score (nSPS) is 11.6. The van der Waals surface area contributed by atoms with Crippen molar-refractivity contribution in [1.29, 1.82) is 0 Å². The molecule has 0 aromatic rings. The van der Waals surface area contributed by atoms with Crippen LogP contribution in [0.25, 0.3) is 0 Å². The Morgan fingerprint density at radius 3 is 1.23 bits per heavy atom. The van der Waals surface area contributed by atoms with Gasteiger partial charge in [-0.1, -0.05) is 136 Å². The molecule has 5 nitrogen and oxygen atoms in total. The number of carbonyl (C=O) groups excluding carboxylic acids is 1. The average Bonchev–Trinajstić information content (AvgIpc) is 2.93. The second-order valence-electron chi connectivity index (χ2n) is 11.9. The summed E-state index contributed by atoms with van der Waals surface area (Å²) in [4.78, 5) is 17.8. The number of carbonyl (C=O) groups is 1. The maximum absolute atomic E-state index is 12.6. The lowest BCUT2D eigenvalue weighted by molar-refractivity contribution is -0.122. The summed E-state index contributed by atoms with van der Waals surface area (Å²) in [6.45, 7) is 14.6. The van der Waals surface area contributed by atoms with Crippen LogP contribution in [0.4, 0.5) is 0 Å². The van der Waals surface area contributed by atoms with Crippen LogP contribution in [-0.4, -0.2) is 75.1 Å². The first-order valence-electron chi connectivity index (χ1n) is 17.5. The van der Waals surface area contributed by atoms with Gasteiger partial charge in [0, 0.05) is 26.2 Å². The molecule has 39 heavy (non-hydrogen) atoms. The second-order valence-corrected chi connectivity index (χ2v) is 11.9. The minimum absolute atomic E-state index is 0.180. The van der Waals surface area contributed by atoms with E-state index in [-0.39, 0.29) is 5.91 Å². The van der Waals surface area contributed by atoms with E-state index in [4.69, 9.17) is 0 Å². The van der Waals surface area contributed by atoms with Crippen molar-refractivity contribution < 1.29 is 4.79 Å². The van der Waals surface area contributed by atoms with Gasteiger partial charge < -0.3 is 15.5 Å². The fourth-order valence-corrected chi connectivity index (χ4v) is 5.35. The van der Waals surface area contributed by atoms with Gasteiger partial charge in [0.05, 0.1) is 6.54 Å². The molecule has 0 unspecified atom stereocenters. The maximum atomic E-state index is 12.6. The lowest BCUT2D eigenvalue weighted by Crippen LogP contribution is -2.43. The van der Waals surface area contributed by atoms with Gasteiger partial charge in [0.1, 0.15) is 0 Å². The fourth-order valence-electron chi connectivity index (χ4n) is 5.35. The van der Waals surface area contributed by atoms with Crippen LogP contribution in [0.5, 0.6) is 0 Å². The number of unbranched alkanes of at least 4 members (excludes halogenated alkanes) is 18.